The number of benzene rings is 1. The molecule has 0 unspecified atom stereocenters. The van der Waals surface area contributed by atoms with Crippen LogP contribution in [0.15, 0.2) is 24.4 Å². The molecule has 5 heteroatoms. The van der Waals surface area contributed by atoms with Crippen molar-refractivity contribution in [3.8, 4) is 0 Å². The van der Waals surface area contributed by atoms with Crippen molar-refractivity contribution in [2.24, 2.45) is 5.84 Å². The molecule has 2 aromatic rings. The number of hydrazine groups is 1. The van der Waals surface area contributed by atoms with Gasteiger partial charge in [0.2, 0.25) is 0 Å². The lowest BCUT2D eigenvalue weighted by Gasteiger charge is -2.07. The van der Waals surface area contributed by atoms with Crippen LogP contribution in [0.4, 0.5) is 5.69 Å². The third-order valence-electron chi connectivity index (χ3n) is 2.44. The van der Waals surface area contributed by atoms with Crippen molar-refractivity contribution in [1.82, 2.24) is 10.4 Å². The van der Waals surface area contributed by atoms with Gasteiger partial charge in [-0.05, 0) is 19.1 Å². The lowest BCUT2D eigenvalue weighted by Crippen LogP contribution is -2.30. The molecule has 1 amide bonds. The number of amides is 1. The molecule has 5 N–H and O–H groups in total. The molecule has 0 saturated carbocycles. The van der Waals surface area contributed by atoms with Crippen molar-refractivity contribution < 1.29 is 4.79 Å². The molecule has 0 aliphatic rings. The van der Waals surface area contributed by atoms with E-state index in [1.54, 1.807) is 0 Å². The van der Waals surface area contributed by atoms with Gasteiger partial charge in [-0.1, -0.05) is 11.6 Å². The maximum Gasteiger partial charge on any atom is 0.268 e. The molecule has 0 atom stereocenters. The first-order valence-electron chi connectivity index (χ1n) is 4.79. The van der Waals surface area contributed by atoms with Crippen LogP contribution in [-0.2, 0) is 0 Å². The van der Waals surface area contributed by atoms with Crippen molar-refractivity contribution in [2.45, 2.75) is 6.92 Å². The average Bonchev–Trinajstić information content (AvgIpc) is 2.29. The number of carbonyl (C=O) groups excluding carboxylic acids is 1. The lowest BCUT2D eigenvalue weighted by molar-refractivity contribution is 0.0954. The summed E-state index contributed by atoms with van der Waals surface area (Å²) >= 11 is 0. The predicted octanol–water partition coefficient (Wildman–Crippen LogP) is 0.729. The number of nitrogen functional groups attached to an aromatic ring is 2. The predicted molar refractivity (Wildman–Crippen MR) is 62.5 cm³/mol. The highest BCUT2D eigenvalue weighted by Crippen LogP contribution is 2.23. The van der Waals surface area contributed by atoms with Gasteiger partial charge < -0.3 is 5.73 Å². The van der Waals surface area contributed by atoms with Crippen LogP contribution in [-0.4, -0.2) is 10.9 Å². The number of rotatable bonds is 1. The second kappa shape index (κ2) is 3.79. The molecule has 2 rings (SSSR count). The van der Waals surface area contributed by atoms with Gasteiger partial charge in [-0.25, -0.2) is 5.84 Å². The third-order valence-corrected chi connectivity index (χ3v) is 2.44. The number of anilines is 1. The molecule has 0 spiro atoms. The highest BCUT2D eigenvalue weighted by Gasteiger charge is 2.11. The summed E-state index contributed by atoms with van der Waals surface area (Å²) in [6.07, 6.45) is 1.43. The summed E-state index contributed by atoms with van der Waals surface area (Å²) in [7, 11) is 0. The maximum atomic E-state index is 11.4. The molecule has 0 bridgehead atoms. The van der Waals surface area contributed by atoms with Gasteiger partial charge in [-0.15, -0.1) is 0 Å². The van der Waals surface area contributed by atoms with Crippen LogP contribution in [0.1, 0.15) is 15.9 Å². The summed E-state index contributed by atoms with van der Waals surface area (Å²) in [6, 6.07) is 5.70. The second-order valence-electron chi connectivity index (χ2n) is 3.58. The number of nitrogens with one attached hydrogen (secondary N) is 1. The van der Waals surface area contributed by atoms with E-state index >= 15 is 0 Å². The number of carbonyl (C=O) groups is 1. The first-order chi connectivity index (χ1) is 7.63. The Hall–Kier alpha value is -2.14. The summed E-state index contributed by atoms with van der Waals surface area (Å²) in [6.45, 7) is 1.95. The minimum atomic E-state index is -0.437. The Morgan fingerprint density at radius 1 is 1.44 bits per heavy atom. The van der Waals surface area contributed by atoms with Crippen molar-refractivity contribution in [3.05, 3.63) is 35.5 Å². The molecule has 0 radical (unpaired) electrons. The molecule has 1 heterocycles. The van der Waals surface area contributed by atoms with Crippen LogP contribution in [0.2, 0.25) is 0 Å². The Bertz CT molecular complexity index is 565. The number of nitrogens with two attached hydrogens (primary N) is 2. The van der Waals surface area contributed by atoms with Gasteiger partial charge in [0.05, 0.1) is 16.8 Å². The van der Waals surface area contributed by atoms with Gasteiger partial charge in [0, 0.05) is 11.6 Å². The van der Waals surface area contributed by atoms with Gasteiger partial charge in [0.15, 0.2) is 0 Å². The van der Waals surface area contributed by atoms with E-state index in [2.05, 4.69) is 4.98 Å². The van der Waals surface area contributed by atoms with Crippen LogP contribution >= 0.6 is 0 Å². The number of hydrogen-bond acceptors (Lipinski definition) is 4. The standard InChI is InChI=1S/C11H12N4O/c1-6-2-3-9-7(4-6)10(12)8(5-14-9)11(16)15-13/h2-5H,13H2,1H3,(H2,12,14)(H,15,16). The molecule has 1 aromatic heterocycles. The van der Waals surface area contributed by atoms with Crippen molar-refractivity contribution in [3.63, 3.8) is 0 Å². The molecule has 0 fully saturated rings. The fourth-order valence-corrected chi connectivity index (χ4v) is 1.59. The van der Waals surface area contributed by atoms with E-state index in [0.29, 0.717) is 11.3 Å². The monoisotopic (exact) mass is 216 g/mol. The fraction of sp³-hybridized carbons (Fsp3) is 0.0909. The topological polar surface area (TPSA) is 94.0 Å². The SMILES string of the molecule is Cc1ccc2ncc(C(=O)NN)c(N)c2c1. The number of aryl methyl sites for hydroxylation is 1. The smallest absolute Gasteiger partial charge is 0.268 e. The Morgan fingerprint density at radius 2 is 2.19 bits per heavy atom. The van der Waals surface area contributed by atoms with Crippen LogP contribution < -0.4 is 17.0 Å². The zero-order chi connectivity index (χ0) is 11.7. The molecule has 0 saturated heterocycles. The zero-order valence-corrected chi connectivity index (χ0v) is 8.82. The summed E-state index contributed by atoms with van der Waals surface area (Å²) in [5.74, 6) is 4.63. The molecule has 0 aliphatic heterocycles. The number of hydrogen-bond donors (Lipinski definition) is 3. The van der Waals surface area contributed by atoms with Crippen molar-refractivity contribution in [2.75, 3.05) is 5.73 Å². The fourth-order valence-electron chi connectivity index (χ4n) is 1.59. The van der Waals surface area contributed by atoms with Crippen molar-refractivity contribution >= 4 is 22.5 Å². The lowest BCUT2D eigenvalue weighted by atomic mass is 10.1. The number of nitrogens with zero attached hydrogens (tertiary/aromatic N) is 1. The first kappa shape index (κ1) is 10.4. The van der Waals surface area contributed by atoms with E-state index in [-0.39, 0.29) is 0 Å². The van der Waals surface area contributed by atoms with Crippen LogP contribution in [0.25, 0.3) is 10.9 Å². The van der Waals surface area contributed by atoms with Gasteiger partial charge in [-0.3, -0.25) is 15.2 Å². The first-order valence-corrected chi connectivity index (χ1v) is 4.79. The Morgan fingerprint density at radius 3 is 2.88 bits per heavy atom. The maximum absolute atomic E-state index is 11.4. The number of fused-ring (bicyclic) bond motifs is 1. The molecule has 0 aliphatic carbocycles. The zero-order valence-electron chi connectivity index (χ0n) is 8.82. The van der Waals surface area contributed by atoms with E-state index in [0.717, 1.165) is 16.5 Å². The average molecular weight is 216 g/mol. The van der Waals surface area contributed by atoms with Gasteiger partial charge in [0.25, 0.3) is 5.91 Å². The van der Waals surface area contributed by atoms with E-state index < -0.39 is 5.91 Å². The Balaban J connectivity index is 2.72. The van der Waals surface area contributed by atoms with Crippen LogP contribution in [0.5, 0.6) is 0 Å². The van der Waals surface area contributed by atoms with Crippen LogP contribution in [0, 0.1) is 6.92 Å². The summed E-state index contributed by atoms with van der Waals surface area (Å²) < 4.78 is 0. The second-order valence-corrected chi connectivity index (χ2v) is 3.58. The summed E-state index contributed by atoms with van der Waals surface area (Å²) in [5, 5.41) is 0.765. The Labute approximate surface area is 92.4 Å². The largest absolute Gasteiger partial charge is 0.397 e. The highest BCUT2D eigenvalue weighted by atomic mass is 16.2. The van der Waals surface area contributed by atoms with Gasteiger partial charge >= 0.3 is 0 Å². The normalized spacial score (nSPS) is 10.4. The quantitative estimate of drug-likeness (QED) is 0.372. The molecular formula is C11H12N4O. The highest BCUT2D eigenvalue weighted by molar-refractivity contribution is 6.06. The summed E-state index contributed by atoms with van der Waals surface area (Å²) in [5.41, 5.74) is 10.5. The molecular weight excluding hydrogens is 204 g/mol. The Kier molecular flexibility index (Phi) is 2.46. The van der Waals surface area contributed by atoms with E-state index in [4.69, 9.17) is 11.6 Å². The van der Waals surface area contributed by atoms with Crippen molar-refractivity contribution in [1.29, 1.82) is 0 Å². The molecule has 82 valence electrons. The van der Waals surface area contributed by atoms with Gasteiger partial charge in [-0.2, -0.15) is 0 Å². The minimum Gasteiger partial charge on any atom is -0.397 e. The van der Waals surface area contributed by atoms with E-state index in [1.807, 2.05) is 30.5 Å². The molecule has 1 aromatic carbocycles. The number of aromatic nitrogens is 1. The molecule has 5 nitrogen and oxygen atoms in total. The van der Waals surface area contributed by atoms with E-state index in [9.17, 15) is 4.79 Å². The summed E-state index contributed by atoms with van der Waals surface area (Å²) in [4.78, 5) is 15.6. The minimum absolute atomic E-state index is 0.292. The van der Waals surface area contributed by atoms with Crippen LogP contribution in [0.3, 0.4) is 0 Å². The molecule has 16 heavy (non-hydrogen) atoms. The van der Waals surface area contributed by atoms with Gasteiger partial charge in [0.1, 0.15) is 0 Å². The van der Waals surface area contributed by atoms with E-state index in [1.165, 1.54) is 6.20 Å². The third kappa shape index (κ3) is 1.57. The number of pyridine rings is 1.